The van der Waals surface area contributed by atoms with Gasteiger partial charge in [0.1, 0.15) is 5.03 Å². The van der Waals surface area contributed by atoms with Gasteiger partial charge in [-0.1, -0.05) is 0 Å². The SMILES string of the molecule is CS(C)(C)c1cc2cc[nH]c2nn1. The van der Waals surface area contributed by atoms with Gasteiger partial charge in [-0.15, -0.1) is 10.2 Å². The molecule has 70 valence electrons. The average molecular weight is 195 g/mol. The van der Waals surface area contributed by atoms with Crippen LogP contribution in [-0.2, 0) is 0 Å². The van der Waals surface area contributed by atoms with Crippen molar-refractivity contribution in [3.63, 3.8) is 0 Å². The van der Waals surface area contributed by atoms with Crippen molar-refractivity contribution in [1.82, 2.24) is 15.2 Å². The van der Waals surface area contributed by atoms with Gasteiger partial charge in [-0.3, -0.25) is 0 Å². The zero-order chi connectivity index (χ0) is 9.47. The molecule has 0 radical (unpaired) electrons. The fraction of sp³-hybridized carbons (Fsp3) is 0.333. The van der Waals surface area contributed by atoms with Gasteiger partial charge in [0.2, 0.25) is 0 Å². The van der Waals surface area contributed by atoms with Crippen LogP contribution in [0.4, 0.5) is 0 Å². The average Bonchev–Trinajstić information content (AvgIpc) is 2.47. The van der Waals surface area contributed by atoms with Gasteiger partial charge in [0.25, 0.3) is 0 Å². The van der Waals surface area contributed by atoms with Crippen LogP contribution in [0, 0.1) is 0 Å². The summed E-state index contributed by atoms with van der Waals surface area (Å²) in [4.78, 5) is 3.03. The molecular weight excluding hydrogens is 182 g/mol. The van der Waals surface area contributed by atoms with Crippen molar-refractivity contribution in [2.24, 2.45) is 0 Å². The molecule has 0 saturated carbocycles. The third-order valence-corrected chi connectivity index (χ3v) is 3.37. The largest absolute Gasteiger partial charge is 0.345 e. The molecule has 2 aromatic rings. The lowest BCUT2D eigenvalue weighted by atomic mass is 10.4. The van der Waals surface area contributed by atoms with Crippen LogP contribution in [0.3, 0.4) is 0 Å². The standard InChI is InChI=1S/C9H13N3S/c1-13(2,3)8-6-7-4-5-10-9(7)12-11-8/h4-6H,1-3H3,(H,10,12). The summed E-state index contributed by atoms with van der Waals surface area (Å²) in [6, 6.07) is 4.15. The predicted molar refractivity (Wildman–Crippen MR) is 57.5 cm³/mol. The first kappa shape index (κ1) is 8.56. The number of fused-ring (bicyclic) bond motifs is 1. The Labute approximate surface area is 78.9 Å². The first-order valence-corrected chi connectivity index (χ1v) is 6.92. The van der Waals surface area contributed by atoms with Gasteiger partial charge in [-0.2, -0.15) is 0 Å². The molecule has 1 N–H and O–H groups in total. The molecule has 0 aliphatic carbocycles. The number of nitrogens with one attached hydrogen (secondary N) is 1. The van der Waals surface area contributed by atoms with E-state index in [9.17, 15) is 0 Å². The maximum absolute atomic E-state index is 4.21. The Hall–Kier alpha value is -1.03. The summed E-state index contributed by atoms with van der Waals surface area (Å²) in [5.41, 5.74) is 0.868. The van der Waals surface area contributed by atoms with Gasteiger partial charge in [-0.05, 0) is 30.9 Å². The maximum atomic E-state index is 4.21. The minimum absolute atomic E-state index is 0.760. The van der Waals surface area contributed by atoms with Crippen LogP contribution < -0.4 is 0 Å². The number of rotatable bonds is 1. The van der Waals surface area contributed by atoms with Crippen molar-refractivity contribution in [2.45, 2.75) is 5.03 Å². The van der Waals surface area contributed by atoms with Crippen molar-refractivity contribution in [3.05, 3.63) is 18.3 Å². The summed E-state index contributed by atoms with van der Waals surface area (Å²) < 4.78 is 0. The maximum Gasteiger partial charge on any atom is 0.160 e. The number of nitrogens with zero attached hydrogens (tertiary/aromatic N) is 2. The number of hydrogen-bond acceptors (Lipinski definition) is 2. The molecule has 0 spiro atoms. The third-order valence-electron chi connectivity index (χ3n) is 1.91. The zero-order valence-corrected chi connectivity index (χ0v) is 8.85. The van der Waals surface area contributed by atoms with Crippen LogP contribution in [0.5, 0.6) is 0 Å². The van der Waals surface area contributed by atoms with Crippen LogP contribution in [0.25, 0.3) is 11.0 Å². The highest BCUT2D eigenvalue weighted by atomic mass is 32.3. The van der Waals surface area contributed by atoms with Crippen LogP contribution in [0.2, 0.25) is 0 Å². The molecule has 0 saturated heterocycles. The molecule has 0 amide bonds. The highest BCUT2D eigenvalue weighted by molar-refractivity contribution is 8.32. The van der Waals surface area contributed by atoms with E-state index in [1.807, 2.05) is 12.3 Å². The Balaban J connectivity index is 2.61. The summed E-state index contributed by atoms with van der Waals surface area (Å²) in [6.07, 6.45) is 8.54. The number of aromatic amines is 1. The topological polar surface area (TPSA) is 41.6 Å². The quantitative estimate of drug-likeness (QED) is 0.756. The summed E-state index contributed by atoms with van der Waals surface area (Å²) in [5.74, 6) is 0. The van der Waals surface area contributed by atoms with Crippen LogP contribution >= 0.6 is 10.0 Å². The number of H-pyrrole nitrogens is 1. The highest BCUT2D eigenvalue weighted by Gasteiger charge is 2.11. The summed E-state index contributed by atoms with van der Waals surface area (Å²) in [6.45, 7) is 0. The second kappa shape index (κ2) is 2.73. The minimum Gasteiger partial charge on any atom is -0.345 e. The van der Waals surface area contributed by atoms with Gasteiger partial charge in [-0.25, -0.2) is 10.0 Å². The molecule has 0 atom stereocenters. The monoisotopic (exact) mass is 195 g/mol. The molecule has 0 unspecified atom stereocenters. The van der Waals surface area contributed by atoms with E-state index < -0.39 is 10.0 Å². The normalized spacial score (nSPS) is 13.5. The van der Waals surface area contributed by atoms with Crippen molar-refractivity contribution in [3.8, 4) is 0 Å². The third kappa shape index (κ3) is 1.54. The fourth-order valence-electron chi connectivity index (χ4n) is 1.14. The molecule has 4 heteroatoms. The molecule has 2 heterocycles. The minimum atomic E-state index is -0.760. The van der Waals surface area contributed by atoms with E-state index in [1.165, 1.54) is 0 Å². The Kier molecular flexibility index (Phi) is 1.80. The van der Waals surface area contributed by atoms with E-state index in [4.69, 9.17) is 0 Å². The predicted octanol–water partition coefficient (Wildman–Crippen LogP) is 2.01. The van der Waals surface area contributed by atoms with Crippen molar-refractivity contribution in [2.75, 3.05) is 18.8 Å². The Bertz CT molecular complexity index is 428. The van der Waals surface area contributed by atoms with Gasteiger partial charge >= 0.3 is 0 Å². The Morgan fingerprint density at radius 1 is 1.23 bits per heavy atom. The molecule has 13 heavy (non-hydrogen) atoms. The molecule has 0 aliphatic heterocycles. The first-order valence-electron chi connectivity index (χ1n) is 4.06. The molecule has 2 rings (SSSR count). The van der Waals surface area contributed by atoms with Gasteiger partial charge in [0, 0.05) is 11.6 Å². The number of hydrogen-bond donors (Lipinski definition) is 1. The second-order valence-electron chi connectivity index (χ2n) is 3.80. The molecule has 0 aliphatic rings. The Morgan fingerprint density at radius 3 is 2.69 bits per heavy atom. The van der Waals surface area contributed by atoms with Crippen molar-refractivity contribution < 1.29 is 0 Å². The Morgan fingerprint density at radius 2 is 2.00 bits per heavy atom. The highest BCUT2D eigenvalue weighted by Crippen LogP contribution is 2.43. The number of aromatic nitrogens is 3. The van der Waals surface area contributed by atoms with Crippen LogP contribution in [0.15, 0.2) is 23.4 Å². The van der Waals surface area contributed by atoms with Crippen LogP contribution in [0.1, 0.15) is 0 Å². The smallest absolute Gasteiger partial charge is 0.160 e. The van der Waals surface area contributed by atoms with E-state index in [2.05, 4.69) is 40.0 Å². The van der Waals surface area contributed by atoms with E-state index in [1.54, 1.807) is 0 Å². The van der Waals surface area contributed by atoms with Gasteiger partial charge in [0.15, 0.2) is 5.65 Å². The fourth-order valence-corrected chi connectivity index (χ4v) is 1.90. The van der Waals surface area contributed by atoms with E-state index >= 15 is 0 Å². The molecule has 0 fully saturated rings. The lowest BCUT2D eigenvalue weighted by molar-refractivity contribution is 0.951. The van der Waals surface area contributed by atoms with Gasteiger partial charge in [0.05, 0.1) is 0 Å². The van der Waals surface area contributed by atoms with Crippen molar-refractivity contribution in [1.29, 1.82) is 0 Å². The lowest BCUT2D eigenvalue weighted by Crippen LogP contribution is -1.98. The van der Waals surface area contributed by atoms with Crippen LogP contribution in [-0.4, -0.2) is 33.9 Å². The molecule has 3 nitrogen and oxygen atoms in total. The van der Waals surface area contributed by atoms with Crippen molar-refractivity contribution >= 4 is 21.1 Å². The summed E-state index contributed by atoms with van der Waals surface area (Å²) in [7, 11) is -0.760. The van der Waals surface area contributed by atoms with Gasteiger partial charge < -0.3 is 4.98 Å². The zero-order valence-electron chi connectivity index (χ0n) is 8.03. The van der Waals surface area contributed by atoms with E-state index in [0.717, 1.165) is 16.1 Å². The molecule has 2 aromatic heterocycles. The molecular formula is C9H13N3S. The van der Waals surface area contributed by atoms with E-state index in [0.29, 0.717) is 0 Å². The molecule has 0 bridgehead atoms. The second-order valence-corrected chi connectivity index (χ2v) is 7.89. The lowest BCUT2D eigenvalue weighted by Gasteiger charge is -2.23. The van der Waals surface area contributed by atoms with E-state index in [-0.39, 0.29) is 0 Å². The summed E-state index contributed by atoms with van der Waals surface area (Å²) >= 11 is 0. The first-order chi connectivity index (χ1) is 6.07. The molecule has 0 aromatic carbocycles. The summed E-state index contributed by atoms with van der Waals surface area (Å²) in [5, 5.41) is 10.6.